The maximum atomic E-state index is 16.5. The summed E-state index contributed by atoms with van der Waals surface area (Å²) in [6, 6.07) is 7.26. The predicted octanol–water partition coefficient (Wildman–Crippen LogP) is 4.52. The molecule has 12 nitrogen and oxygen atoms in total. The Morgan fingerprint density at radius 1 is 1.22 bits per heavy atom. The van der Waals surface area contributed by atoms with Gasteiger partial charge in [-0.1, -0.05) is 43.8 Å². The molecule has 3 aromatic heterocycles. The quantitative estimate of drug-likeness (QED) is 0.224. The van der Waals surface area contributed by atoms with Crippen molar-refractivity contribution in [1.29, 1.82) is 5.26 Å². The Bertz CT molecular complexity index is 2170. The minimum Gasteiger partial charge on any atom is -0.352 e. The highest BCUT2D eigenvalue weighted by atomic mass is 19.1. The summed E-state index contributed by atoms with van der Waals surface area (Å²) in [5, 5.41) is 18.1. The Labute approximate surface area is 281 Å². The second-order valence-electron chi connectivity index (χ2n) is 12.1. The van der Waals surface area contributed by atoms with Gasteiger partial charge >= 0.3 is 5.69 Å². The van der Waals surface area contributed by atoms with Crippen molar-refractivity contribution >= 4 is 35.2 Å². The lowest BCUT2D eigenvalue weighted by Crippen LogP contribution is -2.55. The molecule has 250 valence electrons. The number of carbonyl (C=O) groups excluding carboxylic acids is 1. The van der Waals surface area contributed by atoms with Crippen LogP contribution in [0.15, 0.2) is 70.3 Å². The second-order valence-corrected chi connectivity index (χ2v) is 12.1. The van der Waals surface area contributed by atoms with Crippen molar-refractivity contribution in [3.05, 3.63) is 93.8 Å². The van der Waals surface area contributed by atoms with E-state index in [1.807, 2.05) is 26.8 Å². The molecule has 6 rings (SSSR count). The van der Waals surface area contributed by atoms with Crippen LogP contribution in [0.25, 0.3) is 28.0 Å². The molecule has 0 saturated carbocycles. The first-order chi connectivity index (χ1) is 23.6. The van der Waals surface area contributed by atoms with Crippen LogP contribution >= 0.6 is 0 Å². The molecule has 0 radical (unpaired) electrons. The third-order valence-corrected chi connectivity index (χ3v) is 8.93. The van der Waals surface area contributed by atoms with Gasteiger partial charge in [0, 0.05) is 31.6 Å². The van der Waals surface area contributed by atoms with Crippen molar-refractivity contribution in [2.75, 3.05) is 24.5 Å². The number of aliphatic imine (C=N–C) groups is 1. The van der Waals surface area contributed by atoms with E-state index in [9.17, 15) is 14.9 Å². The van der Waals surface area contributed by atoms with Crippen LogP contribution in [-0.2, 0) is 17.8 Å². The Morgan fingerprint density at radius 3 is 2.71 bits per heavy atom. The second kappa shape index (κ2) is 13.3. The monoisotopic (exact) mass is 664 g/mol. The number of pyridine rings is 1. The number of nitriles is 1. The van der Waals surface area contributed by atoms with Crippen LogP contribution in [0.4, 0.5) is 14.6 Å². The van der Waals surface area contributed by atoms with Gasteiger partial charge in [0.15, 0.2) is 5.65 Å². The van der Waals surface area contributed by atoms with E-state index in [0.29, 0.717) is 28.2 Å². The molecule has 5 heterocycles. The molecular formula is C35H34F2N10O2. The van der Waals surface area contributed by atoms with E-state index in [4.69, 9.17) is 4.98 Å². The summed E-state index contributed by atoms with van der Waals surface area (Å²) in [5.41, 5.74) is 1.45. The topological polar surface area (TPSA) is 138 Å². The minimum absolute atomic E-state index is 0.0163. The zero-order valence-electron chi connectivity index (χ0n) is 27.4. The summed E-state index contributed by atoms with van der Waals surface area (Å²) in [6.07, 6.45) is 4.77. The van der Waals surface area contributed by atoms with Gasteiger partial charge in [0.05, 0.1) is 53.7 Å². The number of benzene rings is 1. The SMILES string of the molecule is C=CC(=O)N1CCN(c2nc(=O)n3c4nc(c(F)cc24)-c2c(F)cccc2Cc2cnnn2CC(=C/C)/C3=C(\N=C)C(C)C)CC1CC#N. The van der Waals surface area contributed by atoms with Gasteiger partial charge in [-0.05, 0) is 48.9 Å². The average Bonchev–Trinajstić information content (AvgIpc) is 3.51. The number of hydrogen-bond donors (Lipinski definition) is 0. The largest absolute Gasteiger partial charge is 0.355 e. The Hall–Kier alpha value is -5.84. The number of halogens is 2. The zero-order valence-corrected chi connectivity index (χ0v) is 27.4. The normalized spacial score (nSPS) is 18.1. The van der Waals surface area contributed by atoms with E-state index in [1.54, 1.807) is 32.8 Å². The molecule has 49 heavy (non-hydrogen) atoms. The van der Waals surface area contributed by atoms with Crippen molar-refractivity contribution in [2.24, 2.45) is 10.9 Å². The Morgan fingerprint density at radius 2 is 2.02 bits per heavy atom. The predicted molar refractivity (Wildman–Crippen MR) is 181 cm³/mol. The molecule has 0 spiro atoms. The molecule has 1 fully saturated rings. The molecular weight excluding hydrogens is 630 g/mol. The maximum absolute atomic E-state index is 16.5. The highest BCUT2D eigenvalue weighted by Crippen LogP contribution is 2.37. The van der Waals surface area contributed by atoms with E-state index in [0.717, 1.165) is 0 Å². The highest BCUT2D eigenvalue weighted by molar-refractivity contribution is 5.93. The summed E-state index contributed by atoms with van der Waals surface area (Å²) in [5.74, 6) is -1.94. The van der Waals surface area contributed by atoms with Gasteiger partial charge in [0.2, 0.25) is 5.91 Å². The Kier molecular flexibility index (Phi) is 9.01. The van der Waals surface area contributed by atoms with Crippen LogP contribution in [-0.4, -0.2) is 72.7 Å². The molecule has 0 N–H and O–H groups in total. The molecule has 1 amide bonds. The molecule has 4 aromatic rings. The van der Waals surface area contributed by atoms with E-state index < -0.39 is 23.4 Å². The van der Waals surface area contributed by atoms with Gasteiger partial charge in [-0.15, -0.1) is 5.10 Å². The van der Waals surface area contributed by atoms with E-state index >= 15 is 8.78 Å². The van der Waals surface area contributed by atoms with Crippen LogP contribution in [0.1, 0.15) is 38.4 Å². The van der Waals surface area contributed by atoms with Crippen LogP contribution in [0.5, 0.6) is 0 Å². The number of nitrogens with zero attached hydrogens (tertiary/aromatic N) is 10. The van der Waals surface area contributed by atoms with Crippen molar-refractivity contribution in [2.45, 2.75) is 46.2 Å². The molecule has 0 aliphatic carbocycles. The van der Waals surface area contributed by atoms with Gasteiger partial charge in [0.25, 0.3) is 0 Å². The fourth-order valence-electron chi connectivity index (χ4n) is 6.60. The first kappa shape index (κ1) is 33.1. The molecule has 2 bridgehead atoms. The van der Waals surface area contributed by atoms with Crippen LogP contribution < -0.4 is 10.6 Å². The number of fused-ring (bicyclic) bond motifs is 4. The third kappa shape index (κ3) is 5.81. The average molecular weight is 665 g/mol. The molecule has 1 saturated heterocycles. The number of anilines is 1. The van der Waals surface area contributed by atoms with Gasteiger partial charge in [0.1, 0.15) is 23.1 Å². The lowest BCUT2D eigenvalue weighted by atomic mass is 9.98. The lowest BCUT2D eigenvalue weighted by Gasteiger charge is -2.41. The number of carbonyl (C=O) groups is 1. The summed E-state index contributed by atoms with van der Waals surface area (Å²) in [4.78, 5) is 43.9. The van der Waals surface area contributed by atoms with Crippen molar-refractivity contribution in [1.82, 2.24) is 34.4 Å². The van der Waals surface area contributed by atoms with Crippen LogP contribution in [0.3, 0.4) is 0 Å². The number of aromatic nitrogens is 6. The Balaban J connectivity index is 1.71. The van der Waals surface area contributed by atoms with Crippen LogP contribution in [0, 0.1) is 28.9 Å². The van der Waals surface area contributed by atoms with E-state index in [2.05, 4.69) is 39.7 Å². The maximum Gasteiger partial charge on any atom is 0.355 e. The lowest BCUT2D eigenvalue weighted by molar-refractivity contribution is -0.128. The van der Waals surface area contributed by atoms with Crippen molar-refractivity contribution < 1.29 is 13.6 Å². The summed E-state index contributed by atoms with van der Waals surface area (Å²) >= 11 is 0. The van der Waals surface area contributed by atoms with Gasteiger partial charge in [-0.25, -0.2) is 27.8 Å². The molecule has 1 atom stereocenters. The molecule has 1 aromatic carbocycles. The van der Waals surface area contributed by atoms with Crippen molar-refractivity contribution in [3.63, 3.8) is 0 Å². The van der Waals surface area contributed by atoms with E-state index in [-0.39, 0.29) is 79.0 Å². The zero-order chi connectivity index (χ0) is 35.0. The number of hydrogen-bond acceptors (Lipinski definition) is 9. The molecule has 1 unspecified atom stereocenters. The highest BCUT2D eigenvalue weighted by Gasteiger charge is 2.33. The van der Waals surface area contributed by atoms with E-state index in [1.165, 1.54) is 22.8 Å². The van der Waals surface area contributed by atoms with Crippen molar-refractivity contribution in [3.8, 4) is 17.3 Å². The summed E-state index contributed by atoms with van der Waals surface area (Å²) in [6.45, 7) is 13.7. The summed E-state index contributed by atoms with van der Waals surface area (Å²) in [7, 11) is 0. The van der Waals surface area contributed by atoms with Gasteiger partial charge in [-0.3, -0.25) is 9.79 Å². The number of allylic oxidation sites excluding steroid dienone is 4. The third-order valence-electron chi connectivity index (χ3n) is 8.93. The number of amides is 1. The fraction of sp³-hybridized carbons (Fsp3) is 0.314. The summed E-state index contributed by atoms with van der Waals surface area (Å²) < 4.78 is 35.2. The minimum atomic E-state index is -0.826. The number of piperazine rings is 1. The first-order valence-electron chi connectivity index (χ1n) is 15.8. The van der Waals surface area contributed by atoms with Gasteiger partial charge in [-0.2, -0.15) is 10.2 Å². The first-order valence-corrected chi connectivity index (χ1v) is 15.8. The molecule has 14 heteroatoms. The molecule has 2 aliphatic heterocycles. The fourth-order valence-corrected chi connectivity index (χ4v) is 6.60. The number of rotatable bonds is 5. The smallest absolute Gasteiger partial charge is 0.352 e. The standard InChI is InChI=1S/C35H34F2N10O2/c1-6-21-18-46-24(17-40-43-46)15-22-9-8-10-26(36)29(22)31-27(37)16-25-33(44-13-14-45(28(48)7-2)23(19-44)11-12-38)42-35(49)47(34(25)41-31)32(21)30(39-5)20(3)4/h6-10,16-17,20,23H,2,5,11,13-15,18-19H2,1,3-4H3/b21-6-,32-30+. The van der Waals surface area contributed by atoms with Gasteiger partial charge < -0.3 is 9.80 Å². The van der Waals surface area contributed by atoms with Crippen LogP contribution in [0.2, 0.25) is 0 Å². The molecule has 2 aliphatic rings.